The molecule has 2 aliphatic carbocycles. The van der Waals surface area contributed by atoms with E-state index in [1.54, 1.807) is 11.1 Å². The number of quaternary nitrogens is 2. The van der Waals surface area contributed by atoms with E-state index in [-0.39, 0.29) is 60.9 Å². The van der Waals surface area contributed by atoms with E-state index in [0.717, 1.165) is 73.9 Å². The van der Waals surface area contributed by atoms with E-state index in [1.807, 2.05) is 0 Å². The number of piperidine rings is 2. The second kappa shape index (κ2) is 11.7. The van der Waals surface area contributed by atoms with Crippen LogP contribution in [0.1, 0.15) is 36.8 Å². The molecule has 2 spiro atoms. The number of anilines is 2. The van der Waals surface area contributed by atoms with Gasteiger partial charge in [-0.3, -0.25) is 0 Å². The molecule has 8 heteroatoms. The fourth-order valence-electron chi connectivity index (χ4n) is 14.6. The van der Waals surface area contributed by atoms with Crippen LogP contribution >= 0.6 is 0 Å². The van der Waals surface area contributed by atoms with E-state index in [2.05, 4.69) is 108 Å². The summed E-state index contributed by atoms with van der Waals surface area (Å²) in [6, 6.07) is 20.3. The Labute approximate surface area is 320 Å². The first-order valence-electron chi connectivity index (χ1n) is 19.2. The summed E-state index contributed by atoms with van der Waals surface area (Å²) in [4.78, 5) is 5.54. The van der Waals surface area contributed by atoms with Crippen LogP contribution in [0.3, 0.4) is 0 Å². The minimum atomic E-state index is 0. The summed E-state index contributed by atoms with van der Waals surface area (Å²) in [7, 11) is 0. The zero-order valence-corrected chi connectivity index (χ0v) is 31.4. The highest BCUT2D eigenvalue weighted by molar-refractivity contribution is 5.77. The number of hydrogen-bond donors (Lipinski definition) is 2. The summed E-state index contributed by atoms with van der Waals surface area (Å²) in [5.41, 5.74) is 11.8. The van der Waals surface area contributed by atoms with Crippen molar-refractivity contribution in [1.29, 1.82) is 0 Å². The molecule has 2 aromatic carbocycles. The molecule has 6 nitrogen and oxygen atoms in total. The predicted octanol–water partition coefficient (Wildman–Crippen LogP) is -0.516. The molecule has 2 aromatic rings. The number of aliphatic hydroxyl groups is 2. The van der Waals surface area contributed by atoms with Gasteiger partial charge in [0.1, 0.15) is 25.2 Å². The van der Waals surface area contributed by atoms with E-state index in [1.165, 1.54) is 33.6 Å². The molecule has 272 valence electrons. The molecule has 2 N–H and O–H groups in total. The summed E-state index contributed by atoms with van der Waals surface area (Å²) >= 11 is 0. The van der Waals surface area contributed by atoms with Gasteiger partial charge in [-0.2, -0.15) is 0 Å². The Bertz CT molecular complexity index is 1860. The predicted molar refractivity (Wildman–Crippen MR) is 198 cm³/mol. The van der Waals surface area contributed by atoms with E-state index < -0.39 is 0 Å². The molecule has 0 amide bonds. The van der Waals surface area contributed by atoms with Crippen LogP contribution in [0.2, 0.25) is 0 Å². The average molecular weight is 738 g/mol. The zero-order chi connectivity index (χ0) is 33.6. The first-order chi connectivity index (χ1) is 24.5. The van der Waals surface area contributed by atoms with Crippen LogP contribution < -0.4 is 34.6 Å². The molecule has 10 atom stereocenters. The van der Waals surface area contributed by atoms with E-state index in [4.69, 9.17) is 0 Å². The number of fused-ring (bicyclic) bond motifs is 8. The third-order valence-electron chi connectivity index (χ3n) is 15.9. The van der Waals surface area contributed by atoms with Gasteiger partial charge in [0.15, 0.2) is 0 Å². The lowest BCUT2D eigenvalue weighted by atomic mass is 9.56. The maximum Gasteiger partial charge on any atom is 0.103 e. The van der Waals surface area contributed by atoms with Crippen LogP contribution in [-0.4, -0.2) is 95.8 Å². The molecule has 2 saturated carbocycles. The van der Waals surface area contributed by atoms with Crippen LogP contribution in [0.25, 0.3) is 0 Å². The number of aliphatic hydroxyl groups excluding tert-OH is 2. The standard InChI is InChI=1S/C44H50N4O2.2ClH/c1-3-17-47-19-15-43-35-9-5-7-11-37(35)45-26-34-32-24-40-44(16-20-48(40,18-4-2)28-30(32)14-22-50)36-10-6-8-12-38(36)46(42(34)44)25-33(41(43)45)31(23-39(43)47)29(27-47)13-21-49;;/h3-14,25-26,31-32,39-42,49-50H,1-2,15-24,27-28H2;2*1H/q+2;;/p-2/b29-13-,30-14-,33-25-,34-26-;;/t31?,32?,39-,40-,41-,42-,43?,44?,47?,48?;;/m0../s1. The Morgan fingerprint density at radius 2 is 1.10 bits per heavy atom. The maximum absolute atomic E-state index is 10.5. The molecular weight excluding hydrogens is 687 g/mol. The van der Waals surface area contributed by atoms with E-state index in [0.29, 0.717) is 23.9 Å². The number of halogens is 2. The van der Waals surface area contributed by atoms with Gasteiger partial charge in [-0.15, -0.1) is 0 Å². The van der Waals surface area contributed by atoms with Gasteiger partial charge in [-0.25, -0.2) is 0 Å². The molecule has 0 radical (unpaired) electrons. The topological polar surface area (TPSA) is 46.9 Å². The fourth-order valence-corrected chi connectivity index (χ4v) is 14.6. The zero-order valence-electron chi connectivity index (χ0n) is 29.9. The van der Waals surface area contributed by atoms with Crippen molar-refractivity contribution in [3.05, 3.63) is 132 Å². The van der Waals surface area contributed by atoms with Crippen molar-refractivity contribution in [3.63, 3.8) is 0 Å². The monoisotopic (exact) mass is 736 g/mol. The highest BCUT2D eigenvalue weighted by Crippen LogP contribution is 2.69. The molecule has 7 aliphatic heterocycles. The number of para-hydroxylation sites is 2. The molecule has 9 aliphatic rings. The van der Waals surface area contributed by atoms with Gasteiger partial charge in [-0.1, -0.05) is 61.7 Å². The molecule has 0 aromatic heterocycles. The number of benzene rings is 2. The fraction of sp³-hybridized carbons (Fsp3) is 0.455. The van der Waals surface area contributed by atoms with Crippen LogP contribution in [0.4, 0.5) is 11.4 Å². The van der Waals surface area contributed by atoms with Gasteiger partial charge in [0.2, 0.25) is 0 Å². The second-order valence-electron chi connectivity index (χ2n) is 17.2. The van der Waals surface area contributed by atoms with Crippen LogP contribution in [0.5, 0.6) is 0 Å². The van der Waals surface area contributed by atoms with Crippen LogP contribution in [-0.2, 0) is 10.8 Å². The molecule has 11 rings (SSSR count). The molecule has 6 fully saturated rings. The highest BCUT2D eigenvalue weighted by atomic mass is 35.5. The summed E-state index contributed by atoms with van der Waals surface area (Å²) in [5, 5.41) is 20.9. The van der Waals surface area contributed by atoms with Gasteiger partial charge < -0.3 is 53.8 Å². The van der Waals surface area contributed by atoms with Crippen molar-refractivity contribution in [2.24, 2.45) is 11.8 Å². The van der Waals surface area contributed by atoms with E-state index >= 15 is 0 Å². The third-order valence-corrected chi connectivity index (χ3v) is 15.9. The molecule has 6 unspecified atom stereocenters. The second-order valence-corrected chi connectivity index (χ2v) is 17.2. The van der Waals surface area contributed by atoms with Gasteiger partial charge >= 0.3 is 0 Å². The summed E-state index contributed by atoms with van der Waals surface area (Å²) in [5.74, 6) is 0.615. The first kappa shape index (κ1) is 34.7. The van der Waals surface area contributed by atoms with Crippen molar-refractivity contribution >= 4 is 11.4 Å². The van der Waals surface area contributed by atoms with Gasteiger partial charge in [-0.05, 0) is 57.7 Å². The van der Waals surface area contributed by atoms with E-state index in [9.17, 15) is 10.2 Å². The SMILES string of the molecule is C=CC[N+]12CCC34c5ccccc5N5/C=C6/C7C[C@H]8C9(CC[N+]8(CC=C)C/C7=C/CO)c7ccccc7N(/C=C(/C(C[C@@H]31)/C(=C\CO)C2)[C@H]54)[C@@H]69.[Cl-].[Cl-]. The Hall–Kier alpha value is -3.10. The average Bonchev–Trinajstić information content (AvgIpc) is 3.81. The lowest BCUT2D eigenvalue weighted by Gasteiger charge is -2.59. The smallest absolute Gasteiger partial charge is 0.103 e. The Kier molecular flexibility index (Phi) is 7.80. The van der Waals surface area contributed by atoms with Gasteiger partial charge in [0, 0.05) is 61.3 Å². The molecule has 52 heavy (non-hydrogen) atoms. The highest BCUT2D eigenvalue weighted by Gasteiger charge is 2.75. The van der Waals surface area contributed by atoms with Crippen molar-refractivity contribution in [2.45, 2.75) is 60.7 Å². The minimum Gasteiger partial charge on any atom is -1.00 e. The van der Waals surface area contributed by atoms with Crippen molar-refractivity contribution in [3.8, 4) is 0 Å². The third kappa shape index (κ3) is 3.82. The normalized spacial score (nSPS) is 43.7. The number of hydrogen-bond acceptors (Lipinski definition) is 4. The lowest BCUT2D eigenvalue weighted by Crippen LogP contribution is -3.00. The number of nitrogens with zero attached hydrogens (tertiary/aromatic N) is 4. The first-order valence-corrected chi connectivity index (χ1v) is 19.2. The minimum absolute atomic E-state index is 0. The van der Waals surface area contributed by atoms with Crippen molar-refractivity contribution in [1.82, 2.24) is 0 Å². The molecular formula is C44H50Cl2N4O2. The Balaban J connectivity index is 0.00000180. The van der Waals surface area contributed by atoms with Crippen molar-refractivity contribution in [2.75, 3.05) is 62.3 Å². The summed E-state index contributed by atoms with van der Waals surface area (Å²) in [6.07, 6.45) is 18.6. The Morgan fingerprint density at radius 1 is 0.673 bits per heavy atom. The lowest BCUT2D eigenvalue weighted by molar-refractivity contribution is -0.937. The Morgan fingerprint density at radius 3 is 1.50 bits per heavy atom. The molecule has 4 saturated heterocycles. The summed E-state index contributed by atoms with van der Waals surface area (Å²) < 4.78 is 2.12. The maximum atomic E-state index is 10.5. The van der Waals surface area contributed by atoms with Crippen LogP contribution in [0, 0.1) is 11.8 Å². The van der Waals surface area contributed by atoms with Gasteiger partial charge in [0.05, 0.1) is 62.3 Å². The molecule has 4 bridgehead atoms. The van der Waals surface area contributed by atoms with Crippen molar-refractivity contribution < 1.29 is 44.0 Å². The number of rotatable bonds is 6. The van der Waals surface area contributed by atoms with Crippen LogP contribution in [0.15, 0.2) is 121 Å². The molecule has 7 heterocycles. The largest absolute Gasteiger partial charge is 1.00 e. The summed E-state index contributed by atoms with van der Waals surface area (Å²) in [6.45, 7) is 15.0. The van der Waals surface area contributed by atoms with Gasteiger partial charge in [0.25, 0.3) is 0 Å². The quantitative estimate of drug-likeness (QED) is 0.310.